The third-order valence-electron chi connectivity index (χ3n) is 3.41. The highest BCUT2D eigenvalue weighted by Crippen LogP contribution is 2.34. The smallest absolute Gasteiger partial charge is 0.223 e. The highest BCUT2D eigenvalue weighted by atomic mass is 16.1. The van der Waals surface area contributed by atoms with Crippen LogP contribution >= 0.6 is 0 Å². The van der Waals surface area contributed by atoms with Gasteiger partial charge in [-0.25, -0.2) is 0 Å². The molecule has 0 aromatic rings. The fourth-order valence-corrected chi connectivity index (χ4v) is 2.12. The summed E-state index contributed by atoms with van der Waals surface area (Å²) in [5, 5.41) is 7.18. The zero-order chi connectivity index (χ0) is 13.3. The first-order valence-corrected chi connectivity index (χ1v) is 6.31. The average Bonchev–Trinajstić information content (AvgIpc) is 2.26. The Morgan fingerprint density at radius 1 is 1.18 bits per heavy atom. The van der Waals surface area contributed by atoms with Gasteiger partial charge >= 0.3 is 0 Å². The maximum atomic E-state index is 11.6. The Morgan fingerprint density at radius 2 is 1.76 bits per heavy atom. The van der Waals surface area contributed by atoms with Crippen molar-refractivity contribution in [1.82, 2.24) is 0 Å². The van der Waals surface area contributed by atoms with Gasteiger partial charge in [0.25, 0.3) is 0 Å². The van der Waals surface area contributed by atoms with Crippen LogP contribution in [0.2, 0.25) is 0 Å². The molecule has 0 spiro atoms. The van der Waals surface area contributed by atoms with E-state index in [0.29, 0.717) is 19.4 Å². The summed E-state index contributed by atoms with van der Waals surface area (Å²) in [7, 11) is 0. The Morgan fingerprint density at radius 3 is 2.18 bits per heavy atom. The lowest BCUT2D eigenvalue weighted by Gasteiger charge is -2.29. The number of carbonyl (C=O) groups excluding carboxylic acids is 1. The van der Waals surface area contributed by atoms with Crippen LogP contribution in [0.3, 0.4) is 0 Å². The molecule has 5 heteroatoms. The minimum absolute atomic E-state index is 0.168. The molecule has 5 nitrogen and oxygen atoms in total. The maximum Gasteiger partial charge on any atom is 0.223 e. The van der Waals surface area contributed by atoms with Gasteiger partial charge in [-0.3, -0.25) is 10.2 Å². The fraction of sp³-hybridized carbons (Fsp3) is 0.833. The predicted molar refractivity (Wildman–Crippen MR) is 70.6 cm³/mol. The molecular weight excluding hydrogens is 216 g/mol. The van der Waals surface area contributed by atoms with Gasteiger partial charge in [0.05, 0.1) is 5.84 Å². The molecule has 0 radical (unpaired) electrons. The van der Waals surface area contributed by atoms with Crippen LogP contribution in [0, 0.1) is 10.8 Å². The van der Waals surface area contributed by atoms with Gasteiger partial charge in [0.2, 0.25) is 5.91 Å². The number of hydrogen-bond donors (Lipinski definition) is 4. The predicted octanol–water partition coefficient (Wildman–Crippen LogP) is 1.10. The normalized spacial score (nSPS) is 14.2. The summed E-state index contributed by atoms with van der Waals surface area (Å²) in [4.78, 5) is 11.6. The lowest BCUT2D eigenvalue weighted by Crippen LogP contribution is -2.37. The first-order valence-electron chi connectivity index (χ1n) is 6.31. The summed E-state index contributed by atoms with van der Waals surface area (Å²) in [5.74, 6) is -0.0676. The molecule has 0 rings (SSSR count). The molecule has 0 heterocycles. The Labute approximate surface area is 104 Å². The third-order valence-corrected chi connectivity index (χ3v) is 3.41. The summed E-state index contributed by atoms with van der Waals surface area (Å²) < 4.78 is 0. The number of amides is 1. The summed E-state index contributed by atoms with van der Waals surface area (Å²) in [6, 6.07) is 0. The molecule has 0 fully saturated rings. The number of nitrogens with one attached hydrogen (secondary N) is 1. The molecule has 17 heavy (non-hydrogen) atoms. The standard InChI is InChI=1S/C12H26N4O/c1-2-12(11(16)17,7-3-4-9-13)8-5-6-10(14)15/h2-9,13H2,1H3,(H3,14,15)(H2,16,17). The molecule has 100 valence electrons. The van der Waals surface area contributed by atoms with Crippen LogP contribution in [0.15, 0.2) is 0 Å². The molecule has 1 amide bonds. The van der Waals surface area contributed by atoms with Gasteiger partial charge in [0.15, 0.2) is 0 Å². The van der Waals surface area contributed by atoms with Gasteiger partial charge in [0.1, 0.15) is 0 Å². The largest absolute Gasteiger partial charge is 0.388 e. The second-order valence-corrected chi connectivity index (χ2v) is 4.62. The van der Waals surface area contributed by atoms with Crippen molar-refractivity contribution < 1.29 is 4.79 Å². The quantitative estimate of drug-likeness (QED) is 0.261. The van der Waals surface area contributed by atoms with Gasteiger partial charge < -0.3 is 17.2 Å². The number of nitrogens with two attached hydrogens (primary N) is 3. The molecule has 0 aliphatic heterocycles. The van der Waals surface area contributed by atoms with Gasteiger partial charge in [0, 0.05) is 11.8 Å². The van der Waals surface area contributed by atoms with Crippen LogP contribution in [-0.4, -0.2) is 18.3 Å². The molecular formula is C12H26N4O. The van der Waals surface area contributed by atoms with E-state index < -0.39 is 5.41 Å². The molecule has 1 atom stereocenters. The Kier molecular flexibility index (Phi) is 7.54. The van der Waals surface area contributed by atoms with Crippen molar-refractivity contribution in [2.45, 2.75) is 51.9 Å². The maximum absolute atomic E-state index is 11.6. The number of carbonyl (C=O) groups is 1. The molecule has 0 aromatic heterocycles. The monoisotopic (exact) mass is 242 g/mol. The number of rotatable bonds is 10. The highest BCUT2D eigenvalue weighted by Gasteiger charge is 2.33. The van der Waals surface area contributed by atoms with Crippen LogP contribution in [0.4, 0.5) is 0 Å². The molecule has 7 N–H and O–H groups in total. The highest BCUT2D eigenvalue weighted by molar-refractivity contribution is 5.81. The van der Waals surface area contributed by atoms with E-state index in [4.69, 9.17) is 22.6 Å². The van der Waals surface area contributed by atoms with E-state index in [-0.39, 0.29) is 11.7 Å². The molecule has 0 saturated carbocycles. The van der Waals surface area contributed by atoms with Crippen LogP contribution in [-0.2, 0) is 4.79 Å². The first kappa shape index (κ1) is 15.9. The topological polar surface area (TPSA) is 119 Å². The third kappa shape index (κ3) is 5.68. The van der Waals surface area contributed by atoms with E-state index in [9.17, 15) is 4.79 Å². The SMILES string of the molecule is CCC(CCCCN)(CCCC(=N)N)C(N)=O. The molecule has 0 bridgehead atoms. The lowest BCUT2D eigenvalue weighted by molar-refractivity contribution is -0.129. The second kappa shape index (κ2) is 8.06. The molecule has 0 aromatic carbocycles. The van der Waals surface area contributed by atoms with E-state index in [0.717, 1.165) is 32.1 Å². The van der Waals surface area contributed by atoms with Crippen molar-refractivity contribution >= 4 is 11.7 Å². The van der Waals surface area contributed by atoms with E-state index in [1.807, 2.05) is 6.92 Å². The van der Waals surface area contributed by atoms with Crippen LogP contribution in [0.1, 0.15) is 51.9 Å². The minimum Gasteiger partial charge on any atom is -0.388 e. The van der Waals surface area contributed by atoms with E-state index >= 15 is 0 Å². The fourth-order valence-electron chi connectivity index (χ4n) is 2.12. The summed E-state index contributed by atoms with van der Waals surface area (Å²) >= 11 is 0. The van der Waals surface area contributed by atoms with Crippen molar-refractivity contribution in [2.24, 2.45) is 22.6 Å². The Hall–Kier alpha value is -1.10. The Bertz CT molecular complexity index is 255. The number of amidine groups is 1. The summed E-state index contributed by atoms with van der Waals surface area (Å²) in [6.45, 7) is 2.63. The van der Waals surface area contributed by atoms with Crippen molar-refractivity contribution in [3.63, 3.8) is 0 Å². The van der Waals surface area contributed by atoms with Crippen LogP contribution in [0.5, 0.6) is 0 Å². The second-order valence-electron chi connectivity index (χ2n) is 4.62. The van der Waals surface area contributed by atoms with Crippen LogP contribution in [0.25, 0.3) is 0 Å². The minimum atomic E-state index is -0.440. The van der Waals surface area contributed by atoms with Gasteiger partial charge in [-0.2, -0.15) is 0 Å². The van der Waals surface area contributed by atoms with E-state index in [1.54, 1.807) is 0 Å². The zero-order valence-electron chi connectivity index (χ0n) is 10.8. The molecule has 1 unspecified atom stereocenters. The van der Waals surface area contributed by atoms with Crippen molar-refractivity contribution in [3.8, 4) is 0 Å². The van der Waals surface area contributed by atoms with Gasteiger partial charge in [-0.05, 0) is 38.6 Å². The average molecular weight is 242 g/mol. The van der Waals surface area contributed by atoms with E-state index in [1.165, 1.54) is 0 Å². The molecule has 0 saturated heterocycles. The van der Waals surface area contributed by atoms with Gasteiger partial charge in [-0.15, -0.1) is 0 Å². The van der Waals surface area contributed by atoms with Gasteiger partial charge in [-0.1, -0.05) is 13.3 Å². The Balaban J connectivity index is 4.37. The van der Waals surface area contributed by atoms with Crippen molar-refractivity contribution in [1.29, 1.82) is 5.41 Å². The molecule has 0 aliphatic rings. The zero-order valence-corrected chi connectivity index (χ0v) is 10.8. The lowest BCUT2D eigenvalue weighted by atomic mass is 9.75. The number of primary amides is 1. The van der Waals surface area contributed by atoms with E-state index in [2.05, 4.69) is 0 Å². The molecule has 0 aliphatic carbocycles. The van der Waals surface area contributed by atoms with Crippen molar-refractivity contribution in [3.05, 3.63) is 0 Å². The summed E-state index contributed by atoms with van der Waals surface area (Å²) in [5.41, 5.74) is 15.9. The first-order chi connectivity index (χ1) is 7.98. The number of unbranched alkanes of at least 4 members (excludes halogenated alkanes) is 1. The van der Waals surface area contributed by atoms with Crippen molar-refractivity contribution in [2.75, 3.05) is 6.54 Å². The summed E-state index contributed by atoms with van der Waals surface area (Å²) in [6.07, 6.45) is 5.36. The number of hydrogen-bond acceptors (Lipinski definition) is 3. The van der Waals surface area contributed by atoms with Crippen LogP contribution < -0.4 is 17.2 Å².